The van der Waals surface area contributed by atoms with Crippen LogP contribution in [0.4, 0.5) is 0 Å². The molecule has 2 heteroatoms. The molecule has 1 unspecified atom stereocenters. The number of hydrogen-bond donors (Lipinski definition) is 1. The van der Waals surface area contributed by atoms with Crippen molar-refractivity contribution in [2.75, 3.05) is 20.6 Å². The lowest BCUT2D eigenvalue weighted by Gasteiger charge is -2.25. The fourth-order valence-electron chi connectivity index (χ4n) is 1.79. The first-order valence-electron chi connectivity index (χ1n) is 6.04. The van der Waals surface area contributed by atoms with Gasteiger partial charge in [0, 0.05) is 12.6 Å². The number of rotatable bonds is 6. The van der Waals surface area contributed by atoms with E-state index in [0.29, 0.717) is 6.04 Å². The van der Waals surface area contributed by atoms with E-state index in [0.717, 1.165) is 13.1 Å². The van der Waals surface area contributed by atoms with Gasteiger partial charge in [0.15, 0.2) is 0 Å². The summed E-state index contributed by atoms with van der Waals surface area (Å²) >= 11 is 0. The first-order valence-corrected chi connectivity index (χ1v) is 6.04. The minimum Gasteiger partial charge on any atom is -0.320 e. The van der Waals surface area contributed by atoms with Crippen molar-refractivity contribution in [3.05, 3.63) is 35.4 Å². The Balaban J connectivity index is 2.50. The zero-order valence-corrected chi connectivity index (χ0v) is 11.0. The minimum absolute atomic E-state index is 0.618. The first-order chi connectivity index (χ1) is 7.65. The molecule has 0 saturated carbocycles. The molecule has 0 amide bonds. The molecule has 1 aromatic carbocycles. The highest BCUT2D eigenvalue weighted by atomic mass is 15.1. The second-order valence-electron chi connectivity index (χ2n) is 4.58. The lowest BCUT2D eigenvalue weighted by Crippen LogP contribution is -2.31. The van der Waals surface area contributed by atoms with Gasteiger partial charge >= 0.3 is 0 Å². The molecule has 0 radical (unpaired) electrons. The summed E-state index contributed by atoms with van der Waals surface area (Å²) in [7, 11) is 4.21. The Morgan fingerprint density at radius 3 is 2.62 bits per heavy atom. The summed E-state index contributed by atoms with van der Waals surface area (Å²) < 4.78 is 0. The van der Waals surface area contributed by atoms with Crippen LogP contribution >= 0.6 is 0 Å². The Morgan fingerprint density at radius 2 is 2.00 bits per heavy atom. The average Bonchev–Trinajstić information content (AvgIpc) is 2.28. The lowest BCUT2D eigenvalue weighted by molar-refractivity contribution is 0.237. The van der Waals surface area contributed by atoms with Gasteiger partial charge in [0.05, 0.1) is 0 Å². The van der Waals surface area contributed by atoms with E-state index in [1.54, 1.807) is 0 Å². The minimum atomic E-state index is 0.618. The van der Waals surface area contributed by atoms with Crippen molar-refractivity contribution in [1.29, 1.82) is 0 Å². The third-order valence-electron chi connectivity index (χ3n) is 3.25. The van der Waals surface area contributed by atoms with Crippen molar-refractivity contribution < 1.29 is 0 Å². The monoisotopic (exact) mass is 220 g/mol. The van der Waals surface area contributed by atoms with Crippen LogP contribution in [0.25, 0.3) is 0 Å². The maximum absolute atomic E-state index is 3.20. The number of aryl methyl sites for hydroxylation is 1. The van der Waals surface area contributed by atoms with Crippen LogP contribution in [0.1, 0.15) is 24.5 Å². The Bertz CT molecular complexity index is 309. The summed E-state index contributed by atoms with van der Waals surface area (Å²) in [6.45, 7) is 6.59. The molecule has 0 heterocycles. The van der Waals surface area contributed by atoms with Gasteiger partial charge in [-0.2, -0.15) is 0 Å². The van der Waals surface area contributed by atoms with Crippen LogP contribution in [-0.2, 0) is 6.54 Å². The quantitative estimate of drug-likeness (QED) is 0.792. The molecular weight excluding hydrogens is 196 g/mol. The predicted molar refractivity (Wildman–Crippen MR) is 70.7 cm³/mol. The largest absolute Gasteiger partial charge is 0.320 e. The van der Waals surface area contributed by atoms with Crippen LogP contribution in [0.5, 0.6) is 0 Å². The Labute approximate surface area is 99.7 Å². The van der Waals surface area contributed by atoms with Gasteiger partial charge in [-0.05, 0) is 52.0 Å². The maximum Gasteiger partial charge on any atom is 0.0236 e. The zero-order chi connectivity index (χ0) is 12.0. The fourth-order valence-corrected chi connectivity index (χ4v) is 1.79. The summed E-state index contributed by atoms with van der Waals surface area (Å²) in [5, 5.41) is 3.20. The van der Waals surface area contributed by atoms with Gasteiger partial charge in [-0.3, -0.25) is 4.90 Å². The molecule has 0 fully saturated rings. The molecule has 90 valence electrons. The smallest absolute Gasteiger partial charge is 0.0236 e. The van der Waals surface area contributed by atoms with Gasteiger partial charge in [0.2, 0.25) is 0 Å². The van der Waals surface area contributed by atoms with Crippen LogP contribution in [-0.4, -0.2) is 31.6 Å². The molecule has 1 atom stereocenters. The molecule has 0 spiro atoms. The highest BCUT2D eigenvalue weighted by molar-refractivity contribution is 5.25. The summed E-state index contributed by atoms with van der Waals surface area (Å²) in [5.41, 5.74) is 2.82. The molecule has 2 nitrogen and oxygen atoms in total. The van der Waals surface area contributed by atoms with Gasteiger partial charge in [-0.15, -0.1) is 0 Å². The van der Waals surface area contributed by atoms with Crippen molar-refractivity contribution >= 4 is 0 Å². The van der Waals surface area contributed by atoms with E-state index < -0.39 is 0 Å². The average molecular weight is 220 g/mol. The van der Waals surface area contributed by atoms with Crippen molar-refractivity contribution in [2.45, 2.75) is 32.9 Å². The summed E-state index contributed by atoms with van der Waals surface area (Å²) in [5.74, 6) is 0. The molecule has 16 heavy (non-hydrogen) atoms. The fraction of sp³-hybridized carbons (Fsp3) is 0.571. The van der Waals surface area contributed by atoms with Gasteiger partial charge < -0.3 is 5.32 Å². The number of nitrogens with one attached hydrogen (secondary N) is 1. The lowest BCUT2D eigenvalue weighted by atomic mass is 10.1. The standard InChI is InChI=1S/C14H24N2/c1-12-7-5-6-8-14(12)11-16(4)13(2)9-10-15-3/h5-8,13,15H,9-11H2,1-4H3. The van der Waals surface area contributed by atoms with Crippen LogP contribution in [0.15, 0.2) is 24.3 Å². The molecule has 0 saturated heterocycles. The number of hydrogen-bond acceptors (Lipinski definition) is 2. The van der Waals surface area contributed by atoms with Gasteiger partial charge in [0.1, 0.15) is 0 Å². The third kappa shape index (κ3) is 3.95. The molecule has 1 aromatic rings. The second-order valence-corrected chi connectivity index (χ2v) is 4.58. The van der Waals surface area contributed by atoms with Crippen molar-refractivity contribution in [3.8, 4) is 0 Å². The zero-order valence-electron chi connectivity index (χ0n) is 11.0. The predicted octanol–water partition coefficient (Wildman–Crippen LogP) is 2.42. The maximum atomic E-state index is 3.20. The highest BCUT2D eigenvalue weighted by Gasteiger charge is 2.09. The van der Waals surface area contributed by atoms with E-state index in [-0.39, 0.29) is 0 Å². The summed E-state index contributed by atoms with van der Waals surface area (Å²) in [6, 6.07) is 9.24. The second kappa shape index (κ2) is 6.66. The van der Waals surface area contributed by atoms with Crippen molar-refractivity contribution in [2.24, 2.45) is 0 Å². The van der Waals surface area contributed by atoms with Crippen LogP contribution in [0.2, 0.25) is 0 Å². The topological polar surface area (TPSA) is 15.3 Å². The molecule has 0 aliphatic carbocycles. The van der Waals surface area contributed by atoms with E-state index in [1.165, 1.54) is 17.5 Å². The SMILES string of the molecule is CNCCC(C)N(C)Cc1ccccc1C. The molecular formula is C14H24N2. The summed E-state index contributed by atoms with van der Waals surface area (Å²) in [6.07, 6.45) is 1.19. The third-order valence-corrected chi connectivity index (χ3v) is 3.25. The normalized spacial score (nSPS) is 13.1. The molecule has 0 aliphatic heterocycles. The molecule has 0 aliphatic rings. The van der Waals surface area contributed by atoms with Crippen molar-refractivity contribution in [1.82, 2.24) is 10.2 Å². The number of benzene rings is 1. The molecule has 0 aromatic heterocycles. The molecule has 1 N–H and O–H groups in total. The Morgan fingerprint density at radius 1 is 1.31 bits per heavy atom. The van der Waals surface area contributed by atoms with E-state index >= 15 is 0 Å². The highest BCUT2D eigenvalue weighted by Crippen LogP contribution is 2.12. The summed E-state index contributed by atoms with van der Waals surface area (Å²) in [4.78, 5) is 2.42. The molecule has 1 rings (SSSR count). The van der Waals surface area contributed by atoms with E-state index in [4.69, 9.17) is 0 Å². The van der Waals surface area contributed by atoms with E-state index in [9.17, 15) is 0 Å². The molecule has 0 bridgehead atoms. The van der Waals surface area contributed by atoms with Crippen LogP contribution in [0.3, 0.4) is 0 Å². The van der Waals surface area contributed by atoms with Crippen molar-refractivity contribution in [3.63, 3.8) is 0 Å². The van der Waals surface area contributed by atoms with Gasteiger partial charge in [0.25, 0.3) is 0 Å². The van der Waals surface area contributed by atoms with E-state index in [1.807, 2.05) is 7.05 Å². The Hall–Kier alpha value is -0.860. The van der Waals surface area contributed by atoms with Crippen LogP contribution in [0, 0.1) is 6.92 Å². The Kier molecular flexibility index (Phi) is 5.50. The van der Waals surface area contributed by atoms with Crippen LogP contribution < -0.4 is 5.32 Å². The van der Waals surface area contributed by atoms with E-state index in [2.05, 4.69) is 55.4 Å². The van der Waals surface area contributed by atoms with Gasteiger partial charge in [-0.1, -0.05) is 24.3 Å². The number of nitrogens with zero attached hydrogens (tertiary/aromatic N) is 1. The van der Waals surface area contributed by atoms with Gasteiger partial charge in [-0.25, -0.2) is 0 Å². The first kappa shape index (κ1) is 13.2.